The average molecular weight is 506 g/mol. The fourth-order valence-electron chi connectivity index (χ4n) is 4.11. The summed E-state index contributed by atoms with van der Waals surface area (Å²) >= 11 is 0.441. The molecule has 2 fully saturated rings. The van der Waals surface area contributed by atoms with Crippen LogP contribution < -0.4 is 10.6 Å². The van der Waals surface area contributed by atoms with Gasteiger partial charge in [-0.05, 0) is 69.8 Å². The van der Waals surface area contributed by atoms with E-state index in [4.69, 9.17) is 9.84 Å². The van der Waals surface area contributed by atoms with Crippen LogP contribution >= 0.6 is 11.3 Å². The van der Waals surface area contributed by atoms with Gasteiger partial charge in [-0.15, -0.1) is 11.3 Å². The lowest BCUT2D eigenvalue weighted by Crippen LogP contribution is -2.36. The predicted octanol–water partition coefficient (Wildman–Crippen LogP) is 5.72. The molecule has 2 saturated carbocycles. The first kappa shape index (κ1) is 24.8. The van der Waals surface area contributed by atoms with Crippen molar-refractivity contribution in [3.8, 4) is 10.4 Å². The molecule has 2 aliphatic rings. The van der Waals surface area contributed by atoms with Crippen molar-refractivity contribution in [1.29, 1.82) is 0 Å². The number of carboxylic acid groups (broad SMARTS) is 1. The molecule has 8 nitrogen and oxygen atoms in total. The monoisotopic (exact) mass is 505 g/mol. The second-order valence-electron chi connectivity index (χ2n) is 9.90. The Morgan fingerprint density at radius 2 is 1.88 bits per heavy atom. The average Bonchev–Trinajstić information content (AvgIpc) is 3.49. The van der Waals surface area contributed by atoms with Gasteiger partial charge in [-0.2, -0.15) is 0 Å². The minimum atomic E-state index is -1.16. The molecule has 0 aliphatic heterocycles. The number of aromatic nitrogens is 1. The van der Waals surface area contributed by atoms with Crippen molar-refractivity contribution in [3.63, 3.8) is 0 Å². The Hall–Kier alpha value is -2.30. The maximum Gasteiger partial charge on any atom is 0.412 e. The van der Waals surface area contributed by atoms with E-state index in [1.807, 2.05) is 12.3 Å². The molecular weight excluding hydrogens is 474 g/mol. The summed E-state index contributed by atoms with van der Waals surface area (Å²) in [4.78, 5) is 29.4. The van der Waals surface area contributed by atoms with Gasteiger partial charge in [0.2, 0.25) is 0 Å². The van der Waals surface area contributed by atoms with Crippen LogP contribution in [0.4, 0.5) is 15.3 Å². The summed E-state index contributed by atoms with van der Waals surface area (Å²) in [5.41, 5.74) is 0.826. The standard InChI is InChI=1S/C24H31N3O5S2/c1-24(2,3)32-23(30)27-16-8-11-18(20(12-16)34(31)17-9-10-17)19-13-25-21(33-19)14-4-6-15(7-5-14)26-22(28)29/h8,11-15,17,26H,4-7,9-10H2,1-3H3,(H,27,30)(H,28,29). The van der Waals surface area contributed by atoms with Gasteiger partial charge in [-0.3, -0.25) is 5.32 Å². The van der Waals surface area contributed by atoms with E-state index in [-0.39, 0.29) is 11.3 Å². The molecule has 0 saturated heterocycles. The summed E-state index contributed by atoms with van der Waals surface area (Å²) < 4.78 is 18.5. The number of carbonyl (C=O) groups excluding carboxylic acids is 1. The zero-order valence-corrected chi connectivity index (χ0v) is 21.3. The van der Waals surface area contributed by atoms with Gasteiger partial charge in [0.1, 0.15) is 10.9 Å². The van der Waals surface area contributed by atoms with Crippen molar-refractivity contribution in [2.75, 3.05) is 5.32 Å². The molecule has 0 bridgehead atoms. The van der Waals surface area contributed by atoms with Gasteiger partial charge in [0.15, 0.2) is 4.90 Å². The van der Waals surface area contributed by atoms with Gasteiger partial charge in [0.05, 0.1) is 9.88 Å². The summed E-state index contributed by atoms with van der Waals surface area (Å²) in [6.07, 6.45) is 5.58. The number of ether oxygens (including phenoxy) is 1. The molecule has 4 rings (SSSR count). The molecule has 2 amide bonds. The van der Waals surface area contributed by atoms with Crippen molar-refractivity contribution >= 4 is 40.4 Å². The van der Waals surface area contributed by atoms with Gasteiger partial charge in [-0.1, -0.05) is 0 Å². The lowest BCUT2D eigenvalue weighted by atomic mass is 9.86. The Labute approximate surface area is 206 Å². The predicted molar refractivity (Wildman–Crippen MR) is 133 cm³/mol. The molecule has 0 radical (unpaired) electrons. The van der Waals surface area contributed by atoms with Gasteiger partial charge in [-0.25, -0.2) is 14.6 Å². The maximum atomic E-state index is 13.2. The number of thiazole rings is 1. The Morgan fingerprint density at radius 1 is 1.18 bits per heavy atom. The van der Waals surface area contributed by atoms with E-state index in [1.54, 1.807) is 44.2 Å². The zero-order valence-electron chi connectivity index (χ0n) is 19.6. The van der Waals surface area contributed by atoms with Crippen LogP contribution in [-0.4, -0.2) is 43.7 Å². The zero-order chi connectivity index (χ0) is 24.5. The highest BCUT2D eigenvalue weighted by Gasteiger charge is 2.38. The molecule has 3 N–H and O–H groups in total. The van der Waals surface area contributed by atoms with E-state index in [0.717, 1.165) is 54.0 Å². The van der Waals surface area contributed by atoms with Gasteiger partial charge in [0, 0.05) is 48.3 Å². The number of nitrogens with one attached hydrogen (secondary N) is 2. The third kappa shape index (κ3) is 6.43. The second kappa shape index (κ2) is 10.1. The fourth-order valence-corrected chi connectivity index (χ4v) is 6.87. The first-order valence-corrected chi connectivity index (χ1v) is 13.6. The third-order valence-electron chi connectivity index (χ3n) is 5.86. The van der Waals surface area contributed by atoms with Crippen LogP contribution in [0.5, 0.6) is 0 Å². The van der Waals surface area contributed by atoms with Crippen molar-refractivity contribution in [3.05, 3.63) is 29.4 Å². The highest BCUT2D eigenvalue weighted by atomic mass is 32.2. The quantitative estimate of drug-likeness (QED) is 0.431. The summed E-state index contributed by atoms with van der Waals surface area (Å²) in [5, 5.41) is 15.4. The minimum Gasteiger partial charge on any atom is -0.611 e. The lowest BCUT2D eigenvalue weighted by Gasteiger charge is -2.27. The van der Waals surface area contributed by atoms with E-state index in [1.165, 1.54) is 0 Å². The molecule has 34 heavy (non-hydrogen) atoms. The van der Waals surface area contributed by atoms with Gasteiger partial charge >= 0.3 is 12.2 Å². The van der Waals surface area contributed by atoms with Crippen molar-refractivity contribution in [1.82, 2.24) is 10.3 Å². The Kier molecular flexibility index (Phi) is 7.39. The molecule has 1 aromatic heterocycles. The van der Waals surface area contributed by atoms with Gasteiger partial charge in [0.25, 0.3) is 0 Å². The number of amides is 2. The highest BCUT2D eigenvalue weighted by Crippen LogP contribution is 2.42. The van der Waals surface area contributed by atoms with Crippen LogP contribution in [-0.2, 0) is 15.9 Å². The molecule has 10 heteroatoms. The number of carbonyl (C=O) groups is 2. The Bertz CT molecular complexity index is 1040. The normalized spacial score (nSPS) is 21.5. The molecule has 0 spiro atoms. The third-order valence-corrected chi connectivity index (χ3v) is 8.91. The van der Waals surface area contributed by atoms with Crippen molar-refractivity contribution in [2.45, 2.75) is 87.0 Å². The summed E-state index contributed by atoms with van der Waals surface area (Å²) in [6, 6.07) is 5.49. The minimum absolute atomic E-state index is 0.00534. The van der Waals surface area contributed by atoms with Crippen LogP contribution in [0.25, 0.3) is 10.4 Å². The Morgan fingerprint density at radius 3 is 2.50 bits per heavy atom. The second-order valence-corrected chi connectivity index (χ2v) is 12.7. The van der Waals surface area contributed by atoms with Gasteiger partial charge < -0.3 is 19.7 Å². The molecule has 1 unspecified atom stereocenters. The molecule has 1 heterocycles. The molecule has 1 aromatic carbocycles. The lowest BCUT2D eigenvalue weighted by molar-refractivity contribution is 0.0636. The number of hydrogen-bond donors (Lipinski definition) is 3. The fraction of sp³-hybridized carbons (Fsp3) is 0.542. The topological polar surface area (TPSA) is 124 Å². The highest BCUT2D eigenvalue weighted by molar-refractivity contribution is 7.92. The molecule has 2 aromatic rings. The number of benzene rings is 1. The van der Waals surface area contributed by atoms with E-state index < -0.39 is 29.0 Å². The first-order chi connectivity index (χ1) is 16.1. The van der Waals surface area contributed by atoms with Crippen LogP contribution in [0.1, 0.15) is 70.2 Å². The molecule has 2 aliphatic carbocycles. The van der Waals surface area contributed by atoms with Crippen LogP contribution in [0.3, 0.4) is 0 Å². The first-order valence-electron chi connectivity index (χ1n) is 11.6. The summed E-state index contributed by atoms with van der Waals surface area (Å²) in [7, 11) is 0. The molecule has 184 valence electrons. The van der Waals surface area contributed by atoms with Crippen LogP contribution in [0.2, 0.25) is 0 Å². The van der Waals surface area contributed by atoms with Crippen LogP contribution in [0, 0.1) is 0 Å². The number of rotatable bonds is 6. The van der Waals surface area contributed by atoms with E-state index >= 15 is 0 Å². The summed E-state index contributed by atoms with van der Waals surface area (Å²) in [6.45, 7) is 5.42. The van der Waals surface area contributed by atoms with Crippen molar-refractivity contribution in [2.24, 2.45) is 0 Å². The van der Waals surface area contributed by atoms with E-state index in [2.05, 4.69) is 15.6 Å². The summed E-state index contributed by atoms with van der Waals surface area (Å²) in [5.74, 6) is 0.302. The number of anilines is 1. The maximum absolute atomic E-state index is 13.2. The van der Waals surface area contributed by atoms with E-state index in [9.17, 15) is 14.1 Å². The molecular formula is C24H31N3O5S2. The smallest absolute Gasteiger partial charge is 0.412 e. The largest absolute Gasteiger partial charge is 0.611 e. The number of hydrogen-bond acceptors (Lipinski definition) is 6. The SMILES string of the molecule is CC(C)(C)OC(=O)Nc1ccc(-c2cnc(C3CCC(NC(=O)O)CC3)s2)c([S+]([O-])C2CC2)c1. The van der Waals surface area contributed by atoms with Crippen molar-refractivity contribution < 1.29 is 24.0 Å². The number of nitrogens with zero attached hydrogens (tertiary/aromatic N) is 1. The Balaban J connectivity index is 1.51. The van der Waals surface area contributed by atoms with E-state index in [0.29, 0.717) is 16.5 Å². The van der Waals surface area contributed by atoms with Crippen LogP contribution in [0.15, 0.2) is 29.3 Å². The molecule has 1 atom stereocenters.